The van der Waals surface area contributed by atoms with Gasteiger partial charge in [0.2, 0.25) is 0 Å². The Balaban J connectivity index is 2.37. The van der Waals surface area contributed by atoms with Crippen molar-refractivity contribution >= 4 is 11.3 Å². The van der Waals surface area contributed by atoms with Gasteiger partial charge in [-0.05, 0) is 36.5 Å². The molecule has 1 atom stereocenters. The molecule has 0 saturated carbocycles. The van der Waals surface area contributed by atoms with E-state index in [0.29, 0.717) is 5.92 Å². The van der Waals surface area contributed by atoms with E-state index < -0.39 is 0 Å². The number of benzene rings is 1. The highest BCUT2D eigenvalue weighted by molar-refractivity contribution is 7.07. The highest BCUT2D eigenvalue weighted by atomic mass is 32.1. The summed E-state index contributed by atoms with van der Waals surface area (Å²) in [6, 6.07) is 6.68. The number of aromatic nitrogens is 1. The SMILES string of the molecule is CCC(C)c1ccc(-c2cscn2)cc1C. The Labute approximate surface area is 101 Å². The quantitative estimate of drug-likeness (QED) is 0.750. The maximum atomic E-state index is 4.34. The average Bonchev–Trinajstić information content (AvgIpc) is 2.81. The largest absolute Gasteiger partial charge is 0.245 e. The van der Waals surface area contributed by atoms with Crippen LogP contribution in [0.1, 0.15) is 37.3 Å². The second kappa shape index (κ2) is 4.79. The Morgan fingerprint density at radius 1 is 1.38 bits per heavy atom. The van der Waals surface area contributed by atoms with E-state index in [1.165, 1.54) is 23.1 Å². The van der Waals surface area contributed by atoms with Crippen molar-refractivity contribution in [2.75, 3.05) is 0 Å². The van der Waals surface area contributed by atoms with Gasteiger partial charge in [-0.3, -0.25) is 0 Å². The fraction of sp³-hybridized carbons (Fsp3) is 0.357. The van der Waals surface area contributed by atoms with Crippen molar-refractivity contribution in [1.29, 1.82) is 0 Å². The van der Waals surface area contributed by atoms with Gasteiger partial charge in [-0.2, -0.15) is 0 Å². The van der Waals surface area contributed by atoms with Crippen LogP contribution in [0.15, 0.2) is 29.1 Å². The van der Waals surface area contributed by atoms with Crippen LogP contribution in [0.4, 0.5) is 0 Å². The van der Waals surface area contributed by atoms with Crippen LogP contribution < -0.4 is 0 Å². The fourth-order valence-corrected chi connectivity index (χ4v) is 2.52. The van der Waals surface area contributed by atoms with Gasteiger partial charge < -0.3 is 0 Å². The minimum absolute atomic E-state index is 0.643. The first-order chi connectivity index (χ1) is 7.72. The minimum atomic E-state index is 0.643. The van der Waals surface area contributed by atoms with Crippen LogP contribution in [-0.2, 0) is 0 Å². The molecule has 0 saturated heterocycles. The van der Waals surface area contributed by atoms with Gasteiger partial charge >= 0.3 is 0 Å². The first kappa shape index (κ1) is 11.3. The van der Waals surface area contributed by atoms with Crippen molar-refractivity contribution in [3.63, 3.8) is 0 Å². The lowest BCUT2D eigenvalue weighted by Crippen LogP contribution is -1.95. The summed E-state index contributed by atoms with van der Waals surface area (Å²) in [5.41, 5.74) is 7.03. The van der Waals surface area contributed by atoms with Gasteiger partial charge in [0, 0.05) is 10.9 Å². The number of thiazole rings is 1. The molecule has 84 valence electrons. The summed E-state index contributed by atoms with van der Waals surface area (Å²) in [5.74, 6) is 0.643. The van der Waals surface area contributed by atoms with Crippen LogP contribution in [0.5, 0.6) is 0 Å². The maximum Gasteiger partial charge on any atom is 0.0811 e. The number of rotatable bonds is 3. The van der Waals surface area contributed by atoms with Crippen LogP contribution in [0.3, 0.4) is 0 Å². The van der Waals surface area contributed by atoms with Gasteiger partial charge in [-0.15, -0.1) is 11.3 Å². The van der Waals surface area contributed by atoms with Gasteiger partial charge in [0.1, 0.15) is 0 Å². The number of hydrogen-bond acceptors (Lipinski definition) is 2. The first-order valence-corrected chi connectivity index (χ1v) is 6.65. The third-order valence-corrected chi connectivity index (χ3v) is 3.73. The Kier molecular flexibility index (Phi) is 3.39. The lowest BCUT2D eigenvalue weighted by atomic mass is 9.92. The third kappa shape index (κ3) is 2.17. The Bertz CT molecular complexity index is 460. The van der Waals surface area contributed by atoms with E-state index in [-0.39, 0.29) is 0 Å². The Hall–Kier alpha value is -1.15. The van der Waals surface area contributed by atoms with Crippen LogP contribution in [0.2, 0.25) is 0 Å². The zero-order valence-corrected chi connectivity index (χ0v) is 10.8. The van der Waals surface area contributed by atoms with E-state index in [4.69, 9.17) is 0 Å². The monoisotopic (exact) mass is 231 g/mol. The lowest BCUT2D eigenvalue weighted by Gasteiger charge is -2.13. The van der Waals surface area contributed by atoms with Crippen molar-refractivity contribution in [2.24, 2.45) is 0 Å². The van der Waals surface area contributed by atoms with E-state index >= 15 is 0 Å². The second-order valence-electron chi connectivity index (χ2n) is 4.25. The second-order valence-corrected chi connectivity index (χ2v) is 4.97. The van der Waals surface area contributed by atoms with Gasteiger partial charge in [0.15, 0.2) is 0 Å². The van der Waals surface area contributed by atoms with Crippen molar-refractivity contribution in [2.45, 2.75) is 33.1 Å². The molecule has 2 aromatic rings. The zero-order chi connectivity index (χ0) is 11.5. The van der Waals surface area contributed by atoms with Crippen molar-refractivity contribution in [3.8, 4) is 11.3 Å². The predicted molar refractivity (Wildman–Crippen MR) is 71.0 cm³/mol. The van der Waals surface area contributed by atoms with E-state index in [1.54, 1.807) is 11.3 Å². The first-order valence-electron chi connectivity index (χ1n) is 5.71. The summed E-state index contributed by atoms with van der Waals surface area (Å²) in [5, 5.41) is 2.09. The Morgan fingerprint density at radius 3 is 2.75 bits per heavy atom. The molecule has 1 aromatic carbocycles. The third-order valence-electron chi connectivity index (χ3n) is 3.14. The molecular weight excluding hydrogens is 214 g/mol. The van der Waals surface area contributed by atoms with Crippen LogP contribution in [0.25, 0.3) is 11.3 Å². The lowest BCUT2D eigenvalue weighted by molar-refractivity contribution is 0.728. The van der Waals surface area contributed by atoms with Crippen LogP contribution in [-0.4, -0.2) is 4.98 Å². The predicted octanol–water partition coefficient (Wildman–Crippen LogP) is 4.63. The summed E-state index contributed by atoms with van der Waals surface area (Å²) >= 11 is 1.64. The number of nitrogens with zero attached hydrogens (tertiary/aromatic N) is 1. The minimum Gasteiger partial charge on any atom is -0.245 e. The van der Waals surface area contributed by atoms with E-state index in [2.05, 4.69) is 49.3 Å². The molecule has 0 aliphatic carbocycles. The molecule has 0 spiro atoms. The number of hydrogen-bond donors (Lipinski definition) is 0. The zero-order valence-electron chi connectivity index (χ0n) is 10.0. The molecule has 1 unspecified atom stereocenters. The van der Waals surface area contributed by atoms with Crippen molar-refractivity contribution in [1.82, 2.24) is 4.98 Å². The molecule has 0 radical (unpaired) electrons. The van der Waals surface area contributed by atoms with Gasteiger partial charge in [0.05, 0.1) is 11.2 Å². The maximum absolute atomic E-state index is 4.34. The van der Waals surface area contributed by atoms with E-state index in [9.17, 15) is 0 Å². The summed E-state index contributed by atoms with van der Waals surface area (Å²) in [4.78, 5) is 4.34. The molecule has 0 bridgehead atoms. The topological polar surface area (TPSA) is 12.9 Å². The molecule has 2 rings (SSSR count). The molecule has 1 heterocycles. The smallest absolute Gasteiger partial charge is 0.0811 e. The normalized spacial score (nSPS) is 12.7. The molecule has 0 aliphatic heterocycles. The van der Waals surface area contributed by atoms with Gasteiger partial charge in [-0.1, -0.05) is 26.0 Å². The standard InChI is InChI=1S/C14H17NS/c1-4-10(2)13-6-5-12(7-11(13)3)14-8-16-9-15-14/h5-10H,4H2,1-3H3. The van der Waals surface area contributed by atoms with Crippen molar-refractivity contribution in [3.05, 3.63) is 40.2 Å². The highest BCUT2D eigenvalue weighted by Crippen LogP contribution is 2.27. The molecule has 16 heavy (non-hydrogen) atoms. The van der Waals surface area contributed by atoms with Gasteiger partial charge in [0.25, 0.3) is 0 Å². The Morgan fingerprint density at radius 2 is 2.19 bits per heavy atom. The highest BCUT2D eigenvalue weighted by Gasteiger charge is 2.08. The van der Waals surface area contributed by atoms with E-state index in [1.807, 2.05) is 5.51 Å². The molecule has 1 aromatic heterocycles. The van der Waals surface area contributed by atoms with E-state index in [0.717, 1.165) is 5.69 Å². The molecule has 0 N–H and O–H groups in total. The molecule has 1 nitrogen and oxygen atoms in total. The molecule has 0 aliphatic rings. The molecule has 2 heteroatoms. The average molecular weight is 231 g/mol. The van der Waals surface area contributed by atoms with Gasteiger partial charge in [-0.25, -0.2) is 4.98 Å². The molecular formula is C14H17NS. The fourth-order valence-electron chi connectivity index (χ4n) is 1.96. The summed E-state index contributed by atoms with van der Waals surface area (Å²) in [6.07, 6.45) is 1.19. The molecule has 0 amide bonds. The summed E-state index contributed by atoms with van der Waals surface area (Å²) in [7, 11) is 0. The number of aryl methyl sites for hydroxylation is 1. The molecule has 0 fully saturated rings. The van der Waals surface area contributed by atoms with Crippen LogP contribution >= 0.6 is 11.3 Å². The van der Waals surface area contributed by atoms with Crippen molar-refractivity contribution < 1.29 is 0 Å². The summed E-state index contributed by atoms with van der Waals surface area (Å²) < 4.78 is 0. The van der Waals surface area contributed by atoms with Crippen LogP contribution in [0, 0.1) is 6.92 Å². The summed E-state index contributed by atoms with van der Waals surface area (Å²) in [6.45, 7) is 6.71.